The van der Waals surface area contributed by atoms with Crippen LogP contribution in [0.15, 0.2) is 5.38 Å². The maximum absolute atomic E-state index is 11.8. The molecular weight excluding hydrogens is 232 g/mol. The predicted octanol–water partition coefficient (Wildman–Crippen LogP) is 2.83. The topological polar surface area (TPSA) is 42.0 Å². The summed E-state index contributed by atoms with van der Waals surface area (Å²) in [5.41, 5.74) is 1.05. The van der Waals surface area contributed by atoms with Crippen molar-refractivity contribution >= 4 is 17.2 Å². The third kappa shape index (κ3) is 4.11. The number of nitrogens with one attached hydrogen (secondary N) is 1. The Labute approximate surface area is 107 Å². The SMILES string of the molecule is Cc1nc(CCC(=O)NC2CCCCC2)cs1. The lowest BCUT2D eigenvalue weighted by atomic mass is 9.95. The second-order valence-electron chi connectivity index (χ2n) is 4.76. The lowest BCUT2D eigenvalue weighted by Gasteiger charge is -2.22. The smallest absolute Gasteiger partial charge is 0.220 e. The van der Waals surface area contributed by atoms with Crippen molar-refractivity contribution in [2.75, 3.05) is 0 Å². The van der Waals surface area contributed by atoms with E-state index in [2.05, 4.69) is 10.3 Å². The van der Waals surface area contributed by atoms with Crippen LogP contribution in [0.4, 0.5) is 0 Å². The molecule has 3 nitrogen and oxygen atoms in total. The van der Waals surface area contributed by atoms with Gasteiger partial charge in [0.15, 0.2) is 0 Å². The fraction of sp³-hybridized carbons (Fsp3) is 0.692. The summed E-state index contributed by atoms with van der Waals surface area (Å²) in [6.07, 6.45) is 7.49. The standard InChI is InChI=1S/C13H20N2OS/c1-10-14-12(9-17-10)7-8-13(16)15-11-5-3-2-4-6-11/h9,11H,2-8H2,1H3,(H,15,16). The van der Waals surface area contributed by atoms with Crippen LogP contribution in [-0.4, -0.2) is 16.9 Å². The van der Waals surface area contributed by atoms with Crippen LogP contribution in [0.3, 0.4) is 0 Å². The van der Waals surface area contributed by atoms with Crippen molar-refractivity contribution < 1.29 is 4.79 Å². The molecule has 0 aromatic carbocycles. The summed E-state index contributed by atoms with van der Waals surface area (Å²) < 4.78 is 0. The van der Waals surface area contributed by atoms with Crippen molar-refractivity contribution in [2.45, 2.75) is 57.9 Å². The zero-order valence-electron chi connectivity index (χ0n) is 10.4. The third-order valence-corrected chi connectivity index (χ3v) is 4.07. The first-order valence-electron chi connectivity index (χ1n) is 6.44. The van der Waals surface area contributed by atoms with Crippen LogP contribution in [0, 0.1) is 6.92 Å². The molecule has 1 aliphatic carbocycles. The summed E-state index contributed by atoms with van der Waals surface area (Å²) >= 11 is 1.65. The van der Waals surface area contributed by atoms with Crippen LogP contribution in [0.2, 0.25) is 0 Å². The van der Waals surface area contributed by atoms with Gasteiger partial charge in [0.2, 0.25) is 5.91 Å². The van der Waals surface area contributed by atoms with Gasteiger partial charge in [0.25, 0.3) is 0 Å². The number of carbonyl (C=O) groups excluding carboxylic acids is 1. The number of carbonyl (C=O) groups is 1. The van der Waals surface area contributed by atoms with Gasteiger partial charge in [-0.2, -0.15) is 0 Å². The van der Waals surface area contributed by atoms with Crippen molar-refractivity contribution in [1.29, 1.82) is 0 Å². The van der Waals surface area contributed by atoms with Crippen molar-refractivity contribution in [3.63, 3.8) is 0 Å². The Kier molecular flexibility index (Phi) is 4.54. The molecule has 94 valence electrons. The van der Waals surface area contributed by atoms with Crippen LogP contribution >= 0.6 is 11.3 Å². The molecule has 1 aliphatic rings. The zero-order chi connectivity index (χ0) is 12.1. The normalized spacial score (nSPS) is 17.0. The second-order valence-corrected chi connectivity index (χ2v) is 5.82. The molecule has 1 N–H and O–H groups in total. The Morgan fingerprint density at radius 3 is 2.88 bits per heavy atom. The average molecular weight is 252 g/mol. The van der Waals surface area contributed by atoms with E-state index in [4.69, 9.17) is 0 Å². The molecule has 4 heteroatoms. The first-order chi connectivity index (χ1) is 8.24. The number of rotatable bonds is 4. The molecular formula is C13H20N2OS. The number of hydrogen-bond donors (Lipinski definition) is 1. The highest BCUT2D eigenvalue weighted by Gasteiger charge is 2.15. The van der Waals surface area contributed by atoms with E-state index in [1.54, 1.807) is 11.3 Å². The summed E-state index contributed by atoms with van der Waals surface area (Å²) in [6, 6.07) is 0.424. The number of amides is 1. The molecule has 0 unspecified atom stereocenters. The first kappa shape index (κ1) is 12.6. The van der Waals surface area contributed by atoms with E-state index in [1.807, 2.05) is 12.3 Å². The van der Waals surface area contributed by atoms with Gasteiger partial charge in [-0.3, -0.25) is 4.79 Å². The van der Waals surface area contributed by atoms with Crippen LogP contribution < -0.4 is 5.32 Å². The molecule has 1 aromatic heterocycles. The number of hydrogen-bond acceptors (Lipinski definition) is 3. The summed E-state index contributed by atoms with van der Waals surface area (Å²) in [6.45, 7) is 2.00. The number of aromatic nitrogens is 1. The van der Waals surface area contributed by atoms with E-state index >= 15 is 0 Å². The minimum Gasteiger partial charge on any atom is -0.353 e. The second kappa shape index (κ2) is 6.15. The van der Waals surface area contributed by atoms with Gasteiger partial charge in [-0.1, -0.05) is 19.3 Å². The fourth-order valence-corrected chi connectivity index (χ4v) is 2.96. The minimum atomic E-state index is 0.183. The Balaban J connectivity index is 1.70. The first-order valence-corrected chi connectivity index (χ1v) is 7.32. The summed E-state index contributed by atoms with van der Waals surface area (Å²) in [5, 5.41) is 6.25. The molecule has 0 aliphatic heterocycles. The lowest BCUT2D eigenvalue weighted by Crippen LogP contribution is -2.36. The quantitative estimate of drug-likeness (QED) is 0.895. The maximum Gasteiger partial charge on any atom is 0.220 e. The van der Waals surface area contributed by atoms with Crippen molar-refractivity contribution in [3.8, 4) is 0 Å². The van der Waals surface area contributed by atoms with E-state index in [1.165, 1.54) is 19.3 Å². The molecule has 17 heavy (non-hydrogen) atoms. The summed E-state index contributed by atoms with van der Waals surface area (Å²) in [4.78, 5) is 16.1. The molecule has 0 atom stereocenters. The van der Waals surface area contributed by atoms with Gasteiger partial charge >= 0.3 is 0 Å². The number of nitrogens with zero attached hydrogens (tertiary/aromatic N) is 1. The monoisotopic (exact) mass is 252 g/mol. The van der Waals surface area contributed by atoms with E-state index < -0.39 is 0 Å². The highest BCUT2D eigenvalue weighted by molar-refractivity contribution is 7.09. The highest BCUT2D eigenvalue weighted by atomic mass is 32.1. The van der Waals surface area contributed by atoms with E-state index in [-0.39, 0.29) is 5.91 Å². The Morgan fingerprint density at radius 1 is 1.47 bits per heavy atom. The highest BCUT2D eigenvalue weighted by Crippen LogP contribution is 2.17. The molecule has 1 saturated carbocycles. The van der Waals surface area contributed by atoms with E-state index in [0.717, 1.165) is 30.0 Å². The largest absolute Gasteiger partial charge is 0.353 e. The van der Waals surface area contributed by atoms with Crippen molar-refractivity contribution in [2.24, 2.45) is 0 Å². The van der Waals surface area contributed by atoms with Gasteiger partial charge in [-0.15, -0.1) is 11.3 Å². The number of thiazole rings is 1. The molecule has 1 aromatic rings. The number of aryl methyl sites for hydroxylation is 2. The van der Waals surface area contributed by atoms with E-state index in [9.17, 15) is 4.79 Å². The van der Waals surface area contributed by atoms with Crippen LogP contribution in [-0.2, 0) is 11.2 Å². The van der Waals surface area contributed by atoms with Crippen LogP contribution in [0.25, 0.3) is 0 Å². The molecule has 0 bridgehead atoms. The molecule has 1 heterocycles. The van der Waals surface area contributed by atoms with Crippen LogP contribution in [0.5, 0.6) is 0 Å². The Bertz CT molecular complexity index is 369. The van der Waals surface area contributed by atoms with Gasteiger partial charge in [-0.05, 0) is 26.2 Å². The molecule has 0 radical (unpaired) electrons. The van der Waals surface area contributed by atoms with Gasteiger partial charge in [0.1, 0.15) is 0 Å². The molecule has 0 saturated heterocycles. The van der Waals surface area contributed by atoms with Crippen molar-refractivity contribution in [3.05, 3.63) is 16.1 Å². The zero-order valence-corrected chi connectivity index (χ0v) is 11.2. The maximum atomic E-state index is 11.8. The van der Waals surface area contributed by atoms with Crippen LogP contribution in [0.1, 0.15) is 49.2 Å². The molecule has 1 amide bonds. The molecule has 1 fully saturated rings. The minimum absolute atomic E-state index is 0.183. The van der Waals surface area contributed by atoms with Gasteiger partial charge in [0, 0.05) is 17.8 Å². The lowest BCUT2D eigenvalue weighted by molar-refractivity contribution is -0.122. The Morgan fingerprint density at radius 2 is 2.24 bits per heavy atom. The van der Waals surface area contributed by atoms with E-state index in [0.29, 0.717) is 12.5 Å². The third-order valence-electron chi connectivity index (χ3n) is 3.25. The van der Waals surface area contributed by atoms with Gasteiger partial charge in [-0.25, -0.2) is 4.98 Å². The average Bonchev–Trinajstić information content (AvgIpc) is 2.74. The summed E-state index contributed by atoms with van der Waals surface area (Å²) in [7, 11) is 0. The van der Waals surface area contributed by atoms with Gasteiger partial charge < -0.3 is 5.32 Å². The fourth-order valence-electron chi connectivity index (χ4n) is 2.31. The van der Waals surface area contributed by atoms with Crippen molar-refractivity contribution in [1.82, 2.24) is 10.3 Å². The molecule has 2 rings (SSSR count). The Hall–Kier alpha value is -0.900. The molecule has 0 spiro atoms. The summed E-state index contributed by atoms with van der Waals surface area (Å²) in [5.74, 6) is 0.183. The predicted molar refractivity (Wildman–Crippen MR) is 70.2 cm³/mol. The van der Waals surface area contributed by atoms with Gasteiger partial charge in [0.05, 0.1) is 10.7 Å².